The van der Waals surface area contributed by atoms with E-state index in [4.69, 9.17) is 0 Å². The van der Waals surface area contributed by atoms with Crippen molar-refractivity contribution in [2.75, 3.05) is 7.05 Å². The fraction of sp³-hybridized carbons (Fsp3) is 0.250. The van der Waals surface area contributed by atoms with E-state index >= 15 is 0 Å². The third-order valence-corrected chi connectivity index (χ3v) is 5.74. The number of hydrogen-bond acceptors (Lipinski definition) is 3. The third kappa shape index (κ3) is 2.92. The molecule has 4 nitrogen and oxygen atoms in total. The fourth-order valence-corrected chi connectivity index (χ4v) is 4.14. The van der Waals surface area contributed by atoms with Gasteiger partial charge in [-0.3, -0.25) is 0 Å². The Kier molecular flexibility index (Phi) is 3.94. The number of hydrogen-bond donors (Lipinski definition) is 0. The Labute approximate surface area is 138 Å². The molecular formula is C16H15F3N2O2S. The van der Waals surface area contributed by atoms with Gasteiger partial charge >= 0.3 is 6.18 Å². The van der Waals surface area contributed by atoms with Crippen LogP contribution in [0.1, 0.15) is 22.9 Å². The highest BCUT2D eigenvalue weighted by Gasteiger charge is 2.52. The number of halogens is 3. The van der Waals surface area contributed by atoms with Crippen LogP contribution in [-0.4, -0.2) is 24.9 Å². The summed E-state index contributed by atoms with van der Waals surface area (Å²) in [6.45, 7) is 1.85. The lowest BCUT2D eigenvalue weighted by Gasteiger charge is -2.07. The molecule has 0 N–H and O–H groups in total. The molecule has 0 saturated carbocycles. The molecule has 1 saturated heterocycles. The first-order valence-electron chi connectivity index (χ1n) is 7.13. The molecule has 128 valence electrons. The van der Waals surface area contributed by atoms with Crippen LogP contribution in [0.4, 0.5) is 13.2 Å². The molecule has 2 aromatic rings. The monoisotopic (exact) mass is 356 g/mol. The van der Waals surface area contributed by atoms with Crippen molar-refractivity contribution in [2.24, 2.45) is 0 Å². The molecule has 2 aromatic carbocycles. The molecule has 8 heteroatoms. The molecule has 24 heavy (non-hydrogen) atoms. The molecule has 3 unspecified atom stereocenters. The number of nitrogens with zero attached hydrogens (tertiary/aromatic N) is 2. The highest BCUT2D eigenvalue weighted by molar-refractivity contribution is 7.89. The number of alkyl halides is 3. The average Bonchev–Trinajstić information content (AvgIpc) is 3.19. The second-order valence-corrected chi connectivity index (χ2v) is 7.45. The van der Waals surface area contributed by atoms with E-state index in [1.807, 2.05) is 6.92 Å². The number of sulfonamides is 1. The maximum absolute atomic E-state index is 12.6. The van der Waals surface area contributed by atoms with Crippen molar-refractivity contribution in [1.82, 2.24) is 9.42 Å². The van der Waals surface area contributed by atoms with Gasteiger partial charge in [-0.15, -0.1) is 4.41 Å². The fourth-order valence-electron chi connectivity index (χ4n) is 2.54. The number of aryl methyl sites for hydroxylation is 1. The number of benzene rings is 2. The van der Waals surface area contributed by atoms with Crippen molar-refractivity contribution in [3.8, 4) is 0 Å². The first-order chi connectivity index (χ1) is 11.1. The minimum absolute atomic E-state index is 0.148. The largest absolute Gasteiger partial charge is 0.416 e. The van der Waals surface area contributed by atoms with Gasteiger partial charge < -0.3 is 0 Å². The van der Waals surface area contributed by atoms with E-state index in [-0.39, 0.29) is 4.90 Å². The molecule has 1 fully saturated rings. The Bertz CT molecular complexity index is 846. The van der Waals surface area contributed by atoms with Crippen LogP contribution in [0.25, 0.3) is 0 Å². The zero-order valence-electron chi connectivity index (χ0n) is 12.9. The molecule has 3 atom stereocenters. The Hall–Kier alpha value is -1.90. The minimum atomic E-state index is -4.42. The third-order valence-electron chi connectivity index (χ3n) is 3.92. The maximum atomic E-state index is 12.6. The van der Waals surface area contributed by atoms with Crippen molar-refractivity contribution in [3.05, 3.63) is 65.2 Å². The van der Waals surface area contributed by atoms with E-state index < -0.39 is 27.9 Å². The van der Waals surface area contributed by atoms with Crippen molar-refractivity contribution in [1.29, 1.82) is 0 Å². The molecule has 1 aliphatic rings. The summed E-state index contributed by atoms with van der Waals surface area (Å²) >= 11 is 0. The summed E-state index contributed by atoms with van der Waals surface area (Å²) in [6.07, 6.45) is -5.01. The second kappa shape index (κ2) is 5.58. The van der Waals surface area contributed by atoms with Crippen LogP contribution in [0.15, 0.2) is 53.4 Å². The van der Waals surface area contributed by atoms with Crippen LogP contribution >= 0.6 is 0 Å². The summed E-state index contributed by atoms with van der Waals surface area (Å²) in [4.78, 5) is 0.148. The lowest BCUT2D eigenvalue weighted by molar-refractivity contribution is -0.137. The van der Waals surface area contributed by atoms with Gasteiger partial charge in [-0.1, -0.05) is 29.8 Å². The van der Waals surface area contributed by atoms with Crippen LogP contribution in [-0.2, 0) is 16.2 Å². The zero-order chi connectivity index (χ0) is 17.7. The van der Waals surface area contributed by atoms with Gasteiger partial charge in [0.2, 0.25) is 0 Å². The van der Waals surface area contributed by atoms with Crippen molar-refractivity contribution >= 4 is 10.0 Å². The van der Waals surface area contributed by atoms with Gasteiger partial charge in [0.1, 0.15) is 6.17 Å². The van der Waals surface area contributed by atoms with E-state index in [0.29, 0.717) is 5.56 Å². The summed E-state index contributed by atoms with van der Waals surface area (Å²) in [5, 5.41) is 1.47. The van der Waals surface area contributed by atoms with Gasteiger partial charge in [-0.05, 0) is 36.8 Å². The Morgan fingerprint density at radius 2 is 1.50 bits per heavy atom. The predicted molar refractivity (Wildman–Crippen MR) is 82.2 cm³/mol. The molecular weight excluding hydrogens is 341 g/mol. The number of rotatable bonds is 3. The number of hydrazine groups is 1. The van der Waals surface area contributed by atoms with Crippen molar-refractivity contribution in [2.45, 2.75) is 24.2 Å². The summed E-state index contributed by atoms with van der Waals surface area (Å²) in [7, 11) is -2.15. The van der Waals surface area contributed by atoms with E-state index in [2.05, 4.69) is 0 Å². The van der Waals surface area contributed by atoms with Gasteiger partial charge in [-0.2, -0.15) is 13.2 Å². The van der Waals surface area contributed by atoms with Crippen LogP contribution in [0, 0.1) is 6.92 Å². The lowest BCUT2D eigenvalue weighted by atomic mass is 10.1. The van der Waals surface area contributed by atoms with Crippen molar-refractivity contribution < 1.29 is 21.6 Å². The maximum Gasteiger partial charge on any atom is 0.416 e. The molecule has 0 spiro atoms. The quantitative estimate of drug-likeness (QED) is 0.790. The lowest BCUT2D eigenvalue weighted by Crippen LogP contribution is -2.15. The zero-order valence-corrected chi connectivity index (χ0v) is 13.8. The molecule has 0 aliphatic carbocycles. The van der Waals surface area contributed by atoms with Gasteiger partial charge in [0, 0.05) is 7.05 Å². The SMILES string of the molecule is Cc1ccc(S(=O)(=O)N2C(c3ccc(C(F)(F)F)cc3)N2C)cc1. The summed E-state index contributed by atoms with van der Waals surface area (Å²) in [5.74, 6) is 0. The Balaban J connectivity index is 1.86. The summed E-state index contributed by atoms with van der Waals surface area (Å²) in [5.41, 5.74) is 0.663. The topological polar surface area (TPSA) is 40.2 Å². The van der Waals surface area contributed by atoms with Gasteiger partial charge in [0.15, 0.2) is 0 Å². The predicted octanol–water partition coefficient (Wildman–Crippen LogP) is 3.56. The molecule has 0 amide bonds. The van der Waals surface area contributed by atoms with E-state index in [9.17, 15) is 21.6 Å². The summed E-state index contributed by atoms with van der Waals surface area (Å²) < 4.78 is 64.3. The minimum Gasteiger partial charge on any atom is -0.206 e. The normalized spacial score (nSPS) is 24.0. The van der Waals surface area contributed by atoms with Crippen LogP contribution in [0.2, 0.25) is 0 Å². The van der Waals surface area contributed by atoms with Crippen molar-refractivity contribution in [3.63, 3.8) is 0 Å². The molecule has 0 aromatic heterocycles. The molecule has 1 heterocycles. The van der Waals surface area contributed by atoms with Crippen LogP contribution in [0.3, 0.4) is 0 Å². The Morgan fingerprint density at radius 3 is 2.00 bits per heavy atom. The van der Waals surface area contributed by atoms with Gasteiger partial charge in [0.25, 0.3) is 10.0 Å². The Morgan fingerprint density at radius 1 is 0.958 bits per heavy atom. The van der Waals surface area contributed by atoms with Crippen LogP contribution < -0.4 is 0 Å². The summed E-state index contributed by atoms with van der Waals surface area (Å²) in [6, 6.07) is 10.9. The highest BCUT2D eigenvalue weighted by atomic mass is 32.2. The molecule has 0 bridgehead atoms. The molecule has 0 radical (unpaired) electrons. The molecule has 3 rings (SSSR count). The van der Waals surface area contributed by atoms with E-state index in [0.717, 1.165) is 22.1 Å². The van der Waals surface area contributed by atoms with Crippen LogP contribution in [0.5, 0.6) is 0 Å². The van der Waals surface area contributed by atoms with Gasteiger partial charge in [-0.25, -0.2) is 13.4 Å². The van der Waals surface area contributed by atoms with E-state index in [1.54, 1.807) is 19.2 Å². The highest BCUT2D eigenvalue weighted by Crippen LogP contribution is 2.44. The van der Waals surface area contributed by atoms with E-state index in [1.165, 1.54) is 29.3 Å². The smallest absolute Gasteiger partial charge is 0.206 e. The first kappa shape index (κ1) is 16.9. The second-order valence-electron chi connectivity index (χ2n) is 5.66. The van der Waals surface area contributed by atoms with Gasteiger partial charge in [0.05, 0.1) is 10.5 Å². The first-order valence-corrected chi connectivity index (χ1v) is 8.57. The standard InChI is InChI=1S/C16H15F3N2O2S/c1-11-3-9-14(10-4-11)24(22,23)21-15(20(21)2)12-5-7-13(8-6-12)16(17,18)19/h3-10,15H,1-2H3. The average molecular weight is 356 g/mol. The molecule has 1 aliphatic heterocycles.